The van der Waals surface area contributed by atoms with Crippen LogP contribution in [0.1, 0.15) is 31.9 Å². The third-order valence-electron chi connectivity index (χ3n) is 5.47. The average molecular weight is 356 g/mol. The summed E-state index contributed by atoms with van der Waals surface area (Å²) in [6, 6.07) is 9.45. The van der Waals surface area contributed by atoms with Gasteiger partial charge in [0, 0.05) is 13.5 Å². The molecule has 0 saturated carbocycles. The third-order valence-corrected chi connectivity index (χ3v) is 5.47. The number of nitrogens with one attached hydrogen (secondary N) is 2. The Labute approximate surface area is 154 Å². The van der Waals surface area contributed by atoms with Gasteiger partial charge in [0.2, 0.25) is 5.91 Å². The Kier molecular flexibility index (Phi) is 5.61. The first-order valence-electron chi connectivity index (χ1n) is 9.33. The fraction of sp³-hybridized carbons (Fsp3) is 0.500. The number of hydrogen-bond acceptors (Lipinski definition) is 3. The zero-order valence-corrected chi connectivity index (χ0v) is 15.8. The van der Waals surface area contributed by atoms with Gasteiger partial charge in [0.15, 0.2) is 0 Å². The summed E-state index contributed by atoms with van der Waals surface area (Å²) >= 11 is 0. The predicted octanol–water partition coefficient (Wildman–Crippen LogP) is 2.45. The number of anilines is 1. The van der Waals surface area contributed by atoms with Crippen LogP contribution in [0.25, 0.3) is 5.69 Å². The van der Waals surface area contributed by atoms with Crippen LogP contribution in [0.2, 0.25) is 0 Å². The quantitative estimate of drug-likeness (QED) is 0.865. The molecule has 140 valence electrons. The van der Waals surface area contributed by atoms with Gasteiger partial charge in [-0.25, -0.2) is 4.68 Å². The molecule has 2 aromatic rings. The summed E-state index contributed by atoms with van der Waals surface area (Å²) in [4.78, 5) is 25.4. The van der Waals surface area contributed by atoms with Crippen molar-refractivity contribution < 1.29 is 4.79 Å². The van der Waals surface area contributed by atoms with Gasteiger partial charge >= 0.3 is 0 Å². The minimum atomic E-state index is -0.198. The smallest absolute Gasteiger partial charge is 0.295 e. The molecule has 0 bridgehead atoms. The van der Waals surface area contributed by atoms with E-state index in [2.05, 4.69) is 17.6 Å². The van der Waals surface area contributed by atoms with Crippen LogP contribution in [-0.2, 0) is 11.8 Å². The van der Waals surface area contributed by atoms with Crippen LogP contribution in [-0.4, -0.2) is 28.4 Å². The summed E-state index contributed by atoms with van der Waals surface area (Å²) in [5.74, 6) is 0.726. The van der Waals surface area contributed by atoms with E-state index in [9.17, 15) is 9.59 Å². The maximum absolute atomic E-state index is 12.9. The highest BCUT2D eigenvalue weighted by molar-refractivity contribution is 5.91. The molecule has 1 fully saturated rings. The van der Waals surface area contributed by atoms with E-state index in [0.29, 0.717) is 23.9 Å². The molecule has 6 heteroatoms. The number of rotatable bonds is 5. The van der Waals surface area contributed by atoms with Crippen LogP contribution in [0.4, 0.5) is 5.69 Å². The van der Waals surface area contributed by atoms with Crippen LogP contribution in [0, 0.1) is 18.8 Å². The molecule has 1 aromatic carbocycles. The van der Waals surface area contributed by atoms with Crippen molar-refractivity contribution in [3.05, 3.63) is 46.4 Å². The summed E-state index contributed by atoms with van der Waals surface area (Å²) < 4.78 is 3.36. The molecule has 0 aliphatic carbocycles. The average Bonchev–Trinajstić information content (AvgIpc) is 2.86. The van der Waals surface area contributed by atoms with Crippen molar-refractivity contribution in [2.75, 3.05) is 18.4 Å². The maximum Gasteiger partial charge on any atom is 0.295 e. The molecule has 1 aliphatic rings. The van der Waals surface area contributed by atoms with Gasteiger partial charge in [0.25, 0.3) is 5.56 Å². The SMILES string of the molecule is Cc1c(NC(=O)CC(C)C2CCCNC2)c(=O)n(-c2ccccc2)n1C. The number of nitrogens with zero attached hydrogens (tertiary/aromatic N) is 2. The molecule has 0 spiro atoms. The Hall–Kier alpha value is -2.34. The topological polar surface area (TPSA) is 68.1 Å². The monoisotopic (exact) mass is 356 g/mol. The van der Waals surface area contributed by atoms with Crippen LogP contribution in [0.3, 0.4) is 0 Å². The largest absolute Gasteiger partial charge is 0.320 e. The minimum Gasteiger partial charge on any atom is -0.320 e. The van der Waals surface area contributed by atoms with Crippen LogP contribution in [0.5, 0.6) is 0 Å². The molecule has 0 radical (unpaired) electrons. The van der Waals surface area contributed by atoms with E-state index in [1.165, 1.54) is 0 Å². The molecule has 3 rings (SSSR count). The summed E-state index contributed by atoms with van der Waals surface area (Å²) in [7, 11) is 1.83. The molecule has 1 saturated heterocycles. The standard InChI is InChI=1S/C20H28N4O2/c1-14(16-8-7-11-21-13-16)12-18(25)22-19-15(2)23(3)24(20(19)26)17-9-5-4-6-10-17/h4-6,9-10,14,16,21H,7-8,11-13H2,1-3H3,(H,22,25). The van der Waals surface area contributed by atoms with Gasteiger partial charge in [-0.2, -0.15) is 0 Å². The van der Waals surface area contributed by atoms with Crippen molar-refractivity contribution in [3.63, 3.8) is 0 Å². The zero-order valence-electron chi connectivity index (χ0n) is 15.8. The lowest BCUT2D eigenvalue weighted by Crippen LogP contribution is -2.34. The van der Waals surface area contributed by atoms with Gasteiger partial charge in [-0.3, -0.25) is 14.3 Å². The van der Waals surface area contributed by atoms with Crippen molar-refractivity contribution in [2.24, 2.45) is 18.9 Å². The van der Waals surface area contributed by atoms with E-state index >= 15 is 0 Å². The van der Waals surface area contributed by atoms with Crippen molar-refractivity contribution >= 4 is 11.6 Å². The summed E-state index contributed by atoms with van der Waals surface area (Å²) in [6.45, 7) is 6.01. The maximum atomic E-state index is 12.9. The van der Waals surface area contributed by atoms with Crippen molar-refractivity contribution in [1.29, 1.82) is 0 Å². The van der Waals surface area contributed by atoms with E-state index in [-0.39, 0.29) is 11.5 Å². The Bertz CT molecular complexity index is 816. The van der Waals surface area contributed by atoms with E-state index in [1.807, 2.05) is 44.3 Å². The Morgan fingerprint density at radius 3 is 2.73 bits per heavy atom. The van der Waals surface area contributed by atoms with Gasteiger partial charge in [-0.1, -0.05) is 25.1 Å². The number of carbonyl (C=O) groups is 1. The molecule has 2 heterocycles. The first-order valence-corrected chi connectivity index (χ1v) is 9.33. The number of aromatic nitrogens is 2. The Morgan fingerprint density at radius 2 is 2.08 bits per heavy atom. The highest BCUT2D eigenvalue weighted by Gasteiger charge is 2.24. The van der Waals surface area contributed by atoms with E-state index < -0.39 is 0 Å². The molecule has 6 nitrogen and oxygen atoms in total. The second-order valence-electron chi connectivity index (χ2n) is 7.27. The molecular formula is C20H28N4O2. The van der Waals surface area contributed by atoms with Crippen molar-refractivity contribution in [3.8, 4) is 5.69 Å². The molecule has 1 amide bonds. The van der Waals surface area contributed by atoms with Gasteiger partial charge in [0.05, 0.1) is 11.4 Å². The Balaban J connectivity index is 1.75. The number of hydrogen-bond donors (Lipinski definition) is 2. The lowest BCUT2D eigenvalue weighted by molar-refractivity contribution is -0.117. The summed E-state index contributed by atoms with van der Waals surface area (Å²) in [6.07, 6.45) is 2.76. The van der Waals surface area contributed by atoms with Crippen LogP contribution >= 0.6 is 0 Å². The van der Waals surface area contributed by atoms with Crippen LogP contribution < -0.4 is 16.2 Å². The number of piperidine rings is 1. The molecule has 2 unspecified atom stereocenters. The summed E-state index contributed by atoms with van der Waals surface area (Å²) in [5.41, 5.74) is 1.70. The van der Waals surface area contributed by atoms with E-state index in [0.717, 1.165) is 37.3 Å². The number of carbonyl (C=O) groups excluding carboxylic acids is 1. The predicted molar refractivity (Wildman–Crippen MR) is 104 cm³/mol. The normalized spacial score (nSPS) is 18.5. The molecule has 2 N–H and O–H groups in total. The van der Waals surface area contributed by atoms with Crippen LogP contribution in [0.15, 0.2) is 35.1 Å². The van der Waals surface area contributed by atoms with Crippen molar-refractivity contribution in [1.82, 2.24) is 14.7 Å². The number of amides is 1. The van der Waals surface area contributed by atoms with Gasteiger partial charge in [-0.15, -0.1) is 0 Å². The summed E-state index contributed by atoms with van der Waals surface area (Å²) in [5, 5.41) is 6.26. The molecule has 2 atom stereocenters. The highest BCUT2D eigenvalue weighted by atomic mass is 16.2. The lowest BCUT2D eigenvalue weighted by atomic mass is 9.85. The molecule has 1 aromatic heterocycles. The molecule has 1 aliphatic heterocycles. The number of benzene rings is 1. The zero-order chi connectivity index (χ0) is 18.7. The van der Waals surface area contributed by atoms with Gasteiger partial charge in [0.1, 0.15) is 5.69 Å². The lowest BCUT2D eigenvalue weighted by Gasteiger charge is -2.27. The van der Waals surface area contributed by atoms with Gasteiger partial charge in [-0.05, 0) is 56.8 Å². The second-order valence-corrected chi connectivity index (χ2v) is 7.27. The number of para-hydroxylation sites is 1. The first kappa shape index (κ1) is 18.5. The van der Waals surface area contributed by atoms with Gasteiger partial charge < -0.3 is 10.6 Å². The fourth-order valence-electron chi connectivity index (χ4n) is 3.73. The molecule has 26 heavy (non-hydrogen) atoms. The Morgan fingerprint density at radius 1 is 1.35 bits per heavy atom. The van der Waals surface area contributed by atoms with E-state index in [1.54, 1.807) is 9.36 Å². The fourth-order valence-corrected chi connectivity index (χ4v) is 3.73. The third kappa shape index (κ3) is 3.75. The van der Waals surface area contributed by atoms with E-state index in [4.69, 9.17) is 0 Å². The highest BCUT2D eigenvalue weighted by Crippen LogP contribution is 2.23. The minimum absolute atomic E-state index is 0.0888. The first-order chi connectivity index (χ1) is 12.5. The second kappa shape index (κ2) is 7.91. The molecular weight excluding hydrogens is 328 g/mol. The van der Waals surface area contributed by atoms with Crippen molar-refractivity contribution in [2.45, 2.75) is 33.1 Å².